The van der Waals surface area contributed by atoms with E-state index in [-0.39, 0.29) is 6.04 Å². The van der Waals surface area contributed by atoms with Gasteiger partial charge in [0, 0.05) is 18.6 Å². The fourth-order valence-corrected chi connectivity index (χ4v) is 1.03. The zero-order valence-corrected chi connectivity index (χ0v) is 7.84. The molecule has 0 aliphatic rings. The summed E-state index contributed by atoms with van der Waals surface area (Å²) in [5.74, 6) is 0. The maximum atomic E-state index is 10.3. The first kappa shape index (κ1) is 9.80. The topological polar surface area (TPSA) is 46.1 Å². The van der Waals surface area contributed by atoms with E-state index in [0.29, 0.717) is 6.54 Å². The molecule has 0 saturated carbocycles. The lowest BCUT2D eigenvalue weighted by atomic mass is 10.2. The van der Waals surface area contributed by atoms with E-state index in [2.05, 4.69) is 9.97 Å². The van der Waals surface area contributed by atoms with Crippen LogP contribution in [0.4, 0.5) is 0 Å². The van der Waals surface area contributed by atoms with Crippen LogP contribution in [0.5, 0.6) is 0 Å². The van der Waals surface area contributed by atoms with Crippen molar-refractivity contribution in [3.63, 3.8) is 0 Å². The van der Waals surface area contributed by atoms with Crippen LogP contribution < -0.4 is 0 Å². The molecule has 4 nitrogen and oxygen atoms in total. The number of carbonyl (C=O) groups excluding carboxylic acids is 1. The van der Waals surface area contributed by atoms with Gasteiger partial charge < -0.3 is 4.79 Å². The average molecular weight is 179 g/mol. The van der Waals surface area contributed by atoms with Gasteiger partial charge in [-0.25, -0.2) is 0 Å². The van der Waals surface area contributed by atoms with Crippen LogP contribution in [0, 0.1) is 0 Å². The molecule has 0 N–H and O–H groups in total. The van der Waals surface area contributed by atoms with E-state index in [0.717, 1.165) is 12.0 Å². The number of nitrogens with zero attached hydrogens (tertiary/aromatic N) is 3. The second kappa shape index (κ2) is 4.67. The van der Waals surface area contributed by atoms with Crippen molar-refractivity contribution >= 4 is 6.29 Å². The maximum Gasteiger partial charge on any atom is 0.133 e. The molecular weight excluding hydrogens is 166 g/mol. The molecule has 0 bridgehead atoms. The third-order valence-corrected chi connectivity index (χ3v) is 2.03. The Morgan fingerprint density at radius 2 is 2.38 bits per heavy atom. The number of aromatic nitrogens is 2. The van der Waals surface area contributed by atoms with Crippen LogP contribution in [0.1, 0.15) is 18.7 Å². The molecule has 1 atom stereocenters. The van der Waals surface area contributed by atoms with Gasteiger partial charge in [0.05, 0.1) is 18.3 Å². The Labute approximate surface area is 77.6 Å². The highest BCUT2D eigenvalue weighted by molar-refractivity contribution is 5.52. The van der Waals surface area contributed by atoms with Crippen molar-refractivity contribution in [2.75, 3.05) is 13.6 Å². The molecule has 1 heterocycles. The summed E-state index contributed by atoms with van der Waals surface area (Å²) in [5, 5.41) is 0. The van der Waals surface area contributed by atoms with Crippen LogP contribution in [-0.4, -0.2) is 34.7 Å². The van der Waals surface area contributed by atoms with E-state index in [1.54, 1.807) is 18.6 Å². The highest BCUT2D eigenvalue weighted by Gasteiger charge is 2.11. The van der Waals surface area contributed by atoms with Crippen LogP contribution in [0.2, 0.25) is 0 Å². The van der Waals surface area contributed by atoms with E-state index in [4.69, 9.17) is 0 Å². The molecule has 70 valence electrons. The largest absolute Gasteiger partial charge is 0.302 e. The Morgan fingerprint density at radius 1 is 1.62 bits per heavy atom. The van der Waals surface area contributed by atoms with E-state index in [1.165, 1.54) is 0 Å². The fourth-order valence-electron chi connectivity index (χ4n) is 1.03. The molecule has 4 heteroatoms. The molecule has 0 spiro atoms. The van der Waals surface area contributed by atoms with E-state index in [9.17, 15) is 4.79 Å². The quantitative estimate of drug-likeness (QED) is 0.637. The van der Waals surface area contributed by atoms with Crippen LogP contribution in [0.25, 0.3) is 0 Å². The number of rotatable bonds is 4. The Kier molecular flexibility index (Phi) is 3.52. The number of aldehydes is 1. The van der Waals surface area contributed by atoms with Crippen LogP contribution in [0.3, 0.4) is 0 Å². The summed E-state index contributed by atoms with van der Waals surface area (Å²) in [4.78, 5) is 20.3. The summed E-state index contributed by atoms with van der Waals surface area (Å²) in [7, 11) is 1.88. The predicted molar refractivity (Wildman–Crippen MR) is 49.1 cm³/mol. The third kappa shape index (κ3) is 2.59. The van der Waals surface area contributed by atoms with Gasteiger partial charge in [0.2, 0.25) is 0 Å². The van der Waals surface area contributed by atoms with Gasteiger partial charge in [-0.2, -0.15) is 0 Å². The first-order valence-corrected chi connectivity index (χ1v) is 4.15. The molecule has 13 heavy (non-hydrogen) atoms. The average Bonchev–Trinajstić information content (AvgIpc) is 2.18. The Morgan fingerprint density at radius 3 is 2.92 bits per heavy atom. The molecule has 0 aliphatic carbocycles. The summed E-state index contributed by atoms with van der Waals surface area (Å²) < 4.78 is 0. The van der Waals surface area contributed by atoms with Crippen molar-refractivity contribution in [2.45, 2.75) is 13.0 Å². The smallest absolute Gasteiger partial charge is 0.133 e. The van der Waals surface area contributed by atoms with Gasteiger partial charge in [0.15, 0.2) is 0 Å². The maximum absolute atomic E-state index is 10.3. The molecule has 0 fully saturated rings. The Hall–Kier alpha value is -1.29. The van der Waals surface area contributed by atoms with Crippen molar-refractivity contribution in [3.8, 4) is 0 Å². The van der Waals surface area contributed by atoms with Crippen molar-refractivity contribution in [1.82, 2.24) is 14.9 Å². The molecule has 0 aliphatic heterocycles. The van der Waals surface area contributed by atoms with Gasteiger partial charge in [-0.3, -0.25) is 14.9 Å². The molecule has 0 saturated heterocycles. The first-order valence-electron chi connectivity index (χ1n) is 4.15. The summed E-state index contributed by atoms with van der Waals surface area (Å²) in [6.45, 7) is 2.41. The van der Waals surface area contributed by atoms with Crippen molar-refractivity contribution in [3.05, 3.63) is 24.3 Å². The molecule has 1 unspecified atom stereocenters. The third-order valence-electron chi connectivity index (χ3n) is 2.03. The van der Waals surface area contributed by atoms with Crippen LogP contribution in [0.15, 0.2) is 18.6 Å². The van der Waals surface area contributed by atoms with Gasteiger partial charge in [-0.15, -0.1) is 0 Å². The molecule has 1 aromatic heterocycles. The first-order chi connectivity index (χ1) is 6.25. The normalized spacial score (nSPS) is 12.8. The van der Waals surface area contributed by atoms with Crippen molar-refractivity contribution in [2.24, 2.45) is 0 Å². The summed E-state index contributed by atoms with van der Waals surface area (Å²) >= 11 is 0. The zero-order valence-electron chi connectivity index (χ0n) is 7.84. The molecule has 0 aromatic carbocycles. The summed E-state index contributed by atoms with van der Waals surface area (Å²) in [6.07, 6.45) is 5.88. The lowest BCUT2D eigenvalue weighted by Crippen LogP contribution is -2.24. The lowest BCUT2D eigenvalue weighted by molar-refractivity contribution is -0.109. The van der Waals surface area contributed by atoms with Crippen LogP contribution >= 0.6 is 0 Å². The zero-order chi connectivity index (χ0) is 9.68. The number of hydrogen-bond acceptors (Lipinski definition) is 4. The highest BCUT2D eigenvalue weighted by Crippen LogP contribution is 2.13. The van der Waals surface area contributed by atoms with E-state index >= 15 is 0 Å². The van der Waals surface area contributed by atoms with E-state index < -0.39 is 0 Å². The minimum absolute atomic E-state index is 0.124. The Bertz CT molecular complexity index is 263. The number of likely N-dealkylation sites (N-methyl/N-ethyl adjacent to an activating group) is 1. The summed E-state index contributed by atoms with van der Waals surface area (Å²) in [6, 6.07) is 0.124. The Balaban J connectivity index is 2.67. The second-order valence-corrected chi connectivity index (χ2v) is 2.91. The molecular formula is C9H13N3O. The SMILES string of the molecule is CC(c1cnccn1)N(C)CC=O. The number of carbonyl (C=O) groups is 1. The van der Waals surface area contributed by atoms with Crippen LogP contribution in [-0.2, 0) is 4.79 Å². The minimum Gasteiger partial charge on any atom is -0.302 e. The highest BCUT2D eigenvalue weighted by atomic mass is 16.1. The molecule has 1 aromatic rings. The fraction of sp³-hybridized carbons (Fsp3) is 0.444. The van der Waals surface area contributed by atoms with Gasteiger partial charge in [-0.05, 0) is 14.0 Å². The number of hydrogen-bond donors (Lipinski definition) is 0. The molecule has 1 rings (SSSR count). The van der Waals surface area contributed by atoms with Gasteiger partial charge in [0.1, 0.15) is 6.29 Å². The second-order valence-electron chi connectivity index (χ2n) is 2.91. The molecule has 0 radical (unpaired) electrons. The monoisotopic (exact) mass is 179 g/mol. The van der Waals surface area contributed by atoms with Gasteiger partial charge >= 0.3 is 0 Å². The lowest BCUT2D eigenvalue weighted by Gasteiger charge is -2.20. The summed E-state index contributed by atoms with van der Waals surface area (Å²) in [5.41, 5.74) is 0.881. The van der Waals surface area contributed by atoms with Crippen molar-refractivity contribution < 1.29 is 4.79 Å². The van der Waals surface area contributed by atoms with Crippen molar-refractivity contribution in [1.29, 1.82) is 0 Å². The van der Waals surface area contributed by atoms with Gasteiger partial charge in [-0.1, -0.05) is 0 Å². The van der Waals surface area contributed by atoms with E-state index in [1.807, 2.05) is 18.9 Å². The van der Waals surface area contributed by atoms with Gasteiger partial charge in [0.25, 0.3) is 0 Å². The standard InChI is InChI=1S/C9H13N3O/c1-8(12(2)5-6-13)9-7-10-3-4-11-9/h3-4,6-8H,5H2,1-2H3. The predicted octanol–water partition coefficient (Wildman–Crippen LogP) is 0.668. The minimum atomic E-state index is 0.124. The molecule has 0 amide bonds.